The van der Waals surface area contributed by atoms with Gasteiger partial charge in [-0.2, -0.15) is 0 Å². The molecule has 1 aromatic carbocycles. The Morgan fingerprint density at radius 2 is 1.81 bits per heavy atom. The highest BCUT2D eigenvalue weighted by Gasteiger charge is 2.24. The normalized spacial score (nSPS) is 20.4. The molecule has 0 radical (unpaired) electrons. The molecule has 0 spiro atoms. The van der Waals surface area contributed by atoms with Crippen molar-refractivity contribution in [3.05, 3.63) is 30.1 Å². The van der Waals surface area contributed by atoms with Crippen molar-refractivity contribution < 1.29 is 23.8 Å². The number of aliphatic hydroxyl groups excluding tert-OH is 1. The summed E-state index contributed by atoms with van der Waals surface area (Å²) in [6.07, 6.45) is -0.708. The van der Waals surface area contributed by atoms with Crippen molar-refractivity contribution in [2.45, 2.75) is 6.10 Å². The van der Waals surface area contributed by atoms with Crippen LogP contribution in [0.25, 0.3) is 0 Å². The first kappa shape index (κ1) is 20.0. The number of hydrogen-bond acceptors (Lipinski definition) is 6. The molecule has 0 aromatic heterocycles. The predicted molar refractivity (Wildman–Crippen MR) is 98.2 cm³/mol. The molecule has 0 aliphatic carbocycles. The minimum absolute atomic E-state index is 0.0388. The third kappa shape index (κ3) is 6.14. The molecule has 150 valence electrons. The molecule has 1 amide bonds. The average molecular weight is 381 g/mol. The van der Waals surface area contributed by atoms with E-state index < -0.39 is 11.9 Å². The molecule has 2 fully saturated rings. The Labute approximate surface area is 159 Å². The number of carbonyl (C=O) groups excluding carboxylic acids is 1. The monoisotopic (exact) mass is 381 g/mol. The number of ether oxygens (including phenoxy) is 2. The number of β-amino-alcohol motifs (C(OH)–C–C–N with tert-alkyl or cyclic N) is 1. The lowest BCUT2D eigenvalue weighted by atomic mass is 10.2. The zero-order valence-corrected chi connectivity index (χ0v) is 15.6. The van der Waals surface area contributed by atoms with Gasteiger partial charge in [-0.25, -0.2) is 4.39 Å². The Balaban J connectivity index is 1.35. The summed E-state index contributed by atoms with van der Waals surface area (Å²) in [5, 5.41) is 10.2. The maximum atomic E-state index is 13.5. The molecule has 0 bridgehead atoms. The van der Waals surface area contributed by atoms with Gasteiger partial charge in [0.2, 0.25) is 5.91 Å². The van der Waals surface area contributed by atoms with E-state index in [0.29, 0.717) is 52.5 Å². The summed E-state index contributed by atoms with van der Waals surface area (Å²) < 4.78 is 24.2. The van der Waals surface area contributed by atoms with E-state index in [0.717, 1.165) is 13.1 Å². The van der Waals surface area contributed by atoms with Crippen LogP contribution in [-0.2, 0) is 9.53 Å². The lowest BCUT2D eigenvalue weighted by Crippen LogP contribution is -2.53. The fourth-order valence-corrected chi connectivity index (χ4v) is 3.33. The first-order chi connectivity index (χ1) is 13.1. The fourth-order valence-electron chi connectivity index (χ4n) is 3.33. The van der Waals surface area contributed by atoms with E-state index in [1.807, 2.05) is 4.90 Å². The van der Waals surface area contributed by atoms with Crippen LogP contribution in [0, 0.1) is 5.82 Å². The predicted octanol–water partition coefficient (Wildman–Crippen LogP) is 0.0418. The Morgan fingerprint density at radius 3 is 2.52 bits per heavy atom. The minimum Gasteiger partial charge on any atom is -0.488 e. The standard InChI is InChI=1S/C19H28FN3O4/c20-17-3-1-2-4-18(17)27-15-16(24)13-21-5-7-23(8-6-21)19(25)14-22-9-11-26-12-10-22/h1-4,16,24H,5-15H2. The molecule has 2 saturated heterocycles. The summed E-state index contributed by atoms with van der Waals surface area (Å²) in [5.74, 6) is -0.132. The second kappa shape index (κ2) is 9.98. The number of benzene rings is 1. The maximum Gasteiger partial charge on any atom is 0.236 e. The zero-order chi connectivity index (χ0) is 19.1. The quantitative estimate of drug-likeness (QED) is 0.720. The lowest BCUT2D eigenvalue weighted by molar-refractivity contribution is -0.135. The summed E-state index contributed by atoms with van der Waals surface area (Å²) in [6.45, 7) is 6.66. The van der Waals surface area contributed by atoms with Gasteiger partial charge < -0.3 is 19.5 Å². The van der Waals surface area contributed by atoms with Crippen molar-refractivity contribution in [2.75, 3.05) is 72.2 Å². The first-order valence-corrected chi connectivity index (χ1v) is 9.47. The number of hydrogen-bond donors (Lipinski definition) is 1. The minimum atomic E-state index is -0.708. The number of carbonyl (C=O) groups is 1. The second-order valence-electron chi connectivity index (χ2n) is 6.97. The lowest BCUT2D eigenvalue weighted by Gasteiger charge is -2.37. The molecule has 1 atom stereocenters. The van der Waals surface area contributed by atoms with Gasteiger partial charge in [0.1, 0.15) is 12.7 Å². The second-order valence-corrected chi connectivity index (χ2v) is 6.97. The van der Waals surface area contributed by atoms with Gasteiger partial charge in [-0.3, -0.25) is 14.6 Å². The van der Waals surface area contributed by atoms with Crippen LogP contribution in [0.3, 0.4) is 0 Å². The number of piperazine rings is 1. The number of rotatable bonds is 7. The highest BCUT2D eigenvalue weighted by molar-refractivity contribution is 5.78. The first-order valence-electron chi connectivity index (χ1n) is 9.47. The van der Waals surface area contributed by atoms with Gasteiger partial charge in [0, 0.05) is 45.8 Å². The van der Waals surface area contributed by atoms with E-state index in [9.17, 15) is 14.3 Å². The molecule has 1 N–H and O–H groups in total. The number of para-hydroxylation sites is 1. The Morgan fingerprint density at radius 1 is 1.11 bits per heavy atom. The summed E-state index contributed by atoms with van der Waals surface area (Å²) in [4.78, 5) is 18.5. The number of morpholine rings is 1. The summed E-state index contributed by atoms with van der Waals surface area (Å²) >= 11 is 0. The molecule has 8 heteroatoms. The molecule has 0 saturated carbocycles. The molecular weight excluding hydrogens is 353 g/mol. The van der Waals surface area contributed by atoms with Gasteiger partial charge in [-0.15, -0.1) is 0 Å². The highest BCUT2D eigenvalue weighted by atomic mass is 19.1. The smallest absolute Gasteiger partial charge is 0.236 e. The van der Waals surface area contributed by atoms with Crippen molar-refractivity contribution in [1.29, 1.82) is 0 Å². The largest absolute Gasteiger partial charge is 0.488 e. The van der Waals surface area contributed by atoms with Crippen LogP contribution in [0.4, 0.5) is 4.39 Å². The van der Waals surface area contributed by atoms with Crippen molar-refractivity contribution >= 4 is 5.91 Å². The van der Waals surface area contributed by atoms with Gasteiger partial charge in [-0.1, -0.05) is 12.1 Å². The van der Waals surface area contributed by atoms with E-state index in [-0.39, 0.29) is 18.3 Å². The van der Waals surface area contributed by atoms with E-state index in [2.05, 4.69) is 9.80 Å². The SMILES string of the molecule is O=C(CN1CCOCC1)N1CCN(CC(O)COc2ccccc2F)CC1. The zero-order valence-electron chi connectivity index (χ0n) is 15.6. The summed E-state index contributed by atoms with van der Waals surface area (Å²) in [6, 6.07) is 6.16. The van der Waals surface area contributed by atoms with Gasteiger partial charge in [0.15, 0.2) is 11.6 Å². The summed E-state index contributed by atoms with van der Waals surface area (Å²) in [7, 11) is 0. The molecule has 27 heavy (non-hydrogen) atoms. The molecule has 2 aliphatic heterocycles. The molecule has 7 nitrogen and oxygen atoms in total. The van der Waals surface area contributed by atoms with E-state index in [1.54, 1.807) is 18.2 Å². The van der Waals surface area contributed by atoms with Gasteiger partial charge in [-0.05, 0) is 12.1 Å². The van der Waals surface area contributed by atoms with Crippen LogP contribution in [0.5, 0.6) is 5.75 Å². The van der Waals surface area contributed by atoms with Crippen molar-refractivity contribution in [2.24, 2.45) is 0 Å². The number of amides is 1. The number of aliphatic hydroxyl groups is 1. The molecular formula is C19H28FN3O4. The van der Waals surface area contributed by atoms with Crippen LogP contribution < -0.4 is 4.74 Å². The highest BCUT2D eigenvalue weighted by Crippen LogP contribution is 2.15. The average Bonchev–Trinajstić information content (AvgIpc) is 2.69. The molecule has 1 aromatic rings. The van der Waals surface area contributed by atoms with Crippen molar-refractivity contribution in [1.82, 2.24) is 14.7 Å². The molecule has 1 unspecified atom stereocenters. The van der Waals surface area contributed by atoms with Crippen molar-refractivity contribution in [3.63, 3.8) is 0 Å². The third-order valence-electron chi connectivity index (χ3n) is 4.92. The number of halogens is 1. The molecule has 2 aliphatic rings. The van der Waals surface area contributed by atoms with Crippen LogP contribution >= 0.6 is 0 Å². The van der Waals surface area contributed by atoms with E-state index >= 15 is 0 Å². The van der Waals surface area contributed by atoms with Gasteiger partial charge in [0.25, 0.3) is 0 Å². The maximum absolute atomic E-state index is 13.5. The third-order valence-corrected chi connectivity index (χ3v) is 4.92. The van der Waals surface area contributed by atoms with Crippen molar-refractivity contribution in [3.8, 4) is 5.75 Å². The molecule has 2 heterocycles. The Hall–Kier alpha value is -1.74. The fraction of sp³-hybridized carbons (Fsp3) is 0.632. The van der Waals surface area contributed by atoms with E-state index in [1.165, 1.54) is 6.07 Å². The van der Waals surface area contributed by atoms with Crippen LogP contribution in [-0.4, -0.2) is 104 Å². The van der Waals surface area contributed by atoms with E-state index in [4.69, 9.17) is 9.47 Å². The number of nitrogens with zero attached hydrogens (tertiary/aromatic N) is 3. The van der Waals surface area contributed by atoms with Crippen LogP contribution in [0.2, 0.25) is 0 Å². The van der Waals surface area contributed by atoms with Crippen LogP contribution in [0.1, 0.15) is 0 Å². The van der Waals surface area contributed by atoms with Gasteiger partial charge in [0.05, 0.1) is 19.8 Å². The topological polar surface area (TPSA) is 65.5 Å². The van der Waals surface area contributed by atoms with Crippen LogP contribution in [0.15, 0.2) is 24.3 Å². The molecule has 3 rings (SSSR count). The van der Waals surface area contributed by atoms with Gasteiger partial charge >= 0.3 is 0 Å². The Kier molecular flexibility index (Phi) is 7.40. The summed E-state index contributed by atoms with van der Waals surface area (Å²) in [5.41, 5.74) is 0. The Bertz CT molecular complexity index is 604.